The van der Waals surface area contributed by atoms with Gasteiger partial charge in [0, 0.05) is 16.6 Å². The van der Waals surface area contributed by atoms with Gasteiger partial charge >= 0.3 is 0 Å². The van der Waals surface area contributed by atoms with Gasteiger partial charge in [-0.2, -0.15) is 5.26 Å². The van der Waals surface area contributed by atoms with Gasteiger partial charge in [0.05, 0.1) is 22.9 Å². The molecule has 0 atom stereocenters. The van der Waals surface area contributed by atoms with Crippen molar-refractivity contribution in [2.24, 2.45) is 0 Å². The van der Waals surface area contributed by atoms with Gasteiger partial charge < -0.3 is 5.32 Å². The van der Waals surface area contributed by atoms with Crippen molar-refractivity contribution in [2.75, 3.05) is 11.1 Å². The molecule has 0 unspecified atom stereocenters. The second-order valence-corrected chi connectivity index (χ2v) is 7.93. The number of nitrogens with one attached hydrogen (secondary N) is 1. The molecule has 0 saturated carbocycles. The first-order valence-electron chi connectivity index (χ1n) is 9.85. The Labute approximate surface area is 187 Å². The summed E-state index contributed by atoms with van der Waals surface area (Å²) >= 11 is 1.28. The number of thioether (sulfide) groups is 1. The van der Waals surface area contributed by atoms with Gasteiger partial charge in [-0.1, -0.05) is 60.3 Å². The number of carbonyl (C=O) groups excluding carboxylic acids is 1. The third-order valence-electron chi connectivity index (χ3n) is 4.86. The molecule has 0 aliphatic carbocycles. The van der Waals surface area contributed by atoms with Gasteiger partial charge in [-0.15, -0.1) is 10.2 Å². The molecule has 0 radical (unpaired) electrons. The van der Waals surface area contributed by atoms with Crippen molar-refractivity contribution in [1.29, 1.82) is 5.26 Å². The predicted molar refractivity (Wildman–Crippen MR) is 124 cm³/mol. The summed E-state index contributed by atoms with van der Waals surface area (Å²) in [5.41, 5.74) is 3.53. The van der Waals surface area contributed by atoms with Crippen LogP contribution in [0.4, 0.5) is 5.69 Å². The summed E-state index contributed by atoms with van der Waals surface area (Å²) in [4.78, 5) is 17.4. The maximum atomic E-state index is 12.5. The van der Waals surface area contributed by atoms with E-state index >= 15 is 0 Å². The van der Waals surface area contributed by atoms with Crippen molar-refractivity contribution < 1.29 is 4.79 Å². The van der Waals surface area contributed by atoms with E-state index in [1.165, 1.54) is 11.8 Å². The average molecular weight is 437 g/mol. The zero-order valence-electron chi connectivity index (χ0n) is 16.8. The van der Waals surface area contributed by atoms with E-state index in [1.807, 2.05) is 59.0 Å². The zero-order valence-corrected chi connectivity index (χ0v) is 17.6. The molecule has 2 heterocycles. The number of hydrogen-bond donors (Lipinski definition) is 1. The molecule has 154 valence electrons. The lowest BCUT2D eigenvalue weighted by atomic mass is 10.2. The third-order valence-corrected chi connectivity index (χ3v) is 5.79. The van der Waals surface area contributed by atoms with Gasteiger partial charge in [0.1, 0.15) is 5.82 Å². The summed E-state index contributed by atoms with van der Waals surface area (Å²) in [7, 11) is 0. The highest BCUT2D eigenvalue weighted by Gasteiger charge is 2.17. The predicted octanol–water partition coefficient (Wildman–Crippen LogP) is 4.55. The minimum Gasteiger partial charge on any atom is -0.325 e. The molecule has 2 aromatic heterocycles. The number of carbonyl (C=O) groups is 1. The lowest BCUT2D eigenvalue weighted by molar-refractivity contribution is -0.113. The van der Waals surface area contributed by atoms with Crippen LogP contribution >= 0.6 is 11.8 Å². The Bertz CT molecular complexity index is 1490. The molecule has 8 heteroatoms. The van der Waals surface area contributed by atoms with Crippen LogP contribution in [0, 0.1) is 11.3 Å². The topological polar surface area (TPSA) is 96.0 Å². The Morgan fingerprint density at radius 2 is 1.81 bits per heavy atom. The van der Waals surface area contributed by atoms with Gasteiger partial charge in [-0.25, -0.2) is 4.98 Å². The first-order valence-corrected chi connectivity index (χ1v) is 10.8. The highest BCUT2D eigenvalue weighted by atomic mass is 32.2. The van der Waals surface area contributed by atoms with Gasteiger partial charge in [-0.3, -0.25) is 9.20 Å². The van der Waals surface area contributed by atoms with Crippen LogP contribution in [0.1, 0.15) is 5.56 Å². The zero-order chi connectivity index (χ0) is 21.9. The molecule has 0 saturated heterocycles. The van der Waals surface area contributed by atoms with Gasteiger partial charge in [-0.05, 0) is 30.3 Å². The molecule has 0 spiro atoms. The number of hydrogen-bond acceptors (Lipinski definition) is 6. The van der Waals surface area contributed by atoms with Crippen LogP contribution in [-0.2, 0) is 4.79 Å². The first-order chi connectivity index (χ1) is 15.7. The monoisotopic (exact) mass is 436 g/mol. The average Bonchev–Trinajstić information content (AvgIpc) is 3.27. The molecule has 0 fully saturated rings. The lowest BCUT2D eigenvalue weighted by Gasteiger charge is -2.09. The van der Waals surface area contributed by atoms with Crippen LogP contribution in [0.15, 0.2) is 84.0 Å². The number of nitrogens with zero attached hydrogens (tertiary/aromatic N) is 5. The molecule has 32 heavy (non-hydrogen) atoms. The standard InChI is InChI=1S/C24H16N6OS/c25-14-16-7-6-10-18(13-16)26-21(31)15-32-24-29-28-23-19-11-4-5-12-20(19)27-22(30(23)24)17-8-2-1-3-9-17/h1-13H,15H2,(H,26,31). The number of rotatable bonds is 5. The first kappa shape index (κ1) is 19.7. The number of anilines is 1. The molecular weight excluding hydrogens is 420 g/mol. The van der Waals surface area contributed by atoms with E-state index in [1.54, 1.807) is 24.3 Å². The van der Waals surface area contributed by atoms with Crippen molar-refractivity contribution in [2.45, 2.75) is 5.16 Å². The second-order valence-electron chi connectivity index (χ2n) is 6.99. The second kappa shape index (κ2) is 8.49. The summed E-state index contributed by atoms with van der Waals surface area (Å²) in [5, 5.41) is 22.1. The fourth-order valence-electron chi connectivity index (χ4n) is 3.43. The fraction of sp³-hybridized carbons (Fsp3) is 0.0417. The van der Waals surface area contributed by atoms with E-state index in [2.05, 4.69) is 21.6 Å². The number of nitriles is 1. The van der Waals surface area contributed by atoms with E-state index < -0.39 is 0 Å². The van der Waals surface area contributed by atoms with Crippen LogP contribution in [0.5, 0.6) is 0 Å². The lowest BCUT2D eigenvalue weighted by Crippen LogP contribution is -2.14. The molecule has 1 amide bonds. The summed E-state index contributed by atoms with van der Waals surface area (Å²) < 4.78 is 1.89. The maximum absolute atomic E-state index is 12.5. The number of amides is 1. The molecule has 0 aliphatic heterocycles. The minimum absolute atomic E-state index is 0.138. The Balaban J connectivity index is 1.48. The highest BCUT2D eigenvalue weighted by molar-refractivity contribution is 7.99. The quantitative estimate of drug-likeness (QED) is 0.406. The van der Waals surface area contributed by atoms with E-state index in [-0.39, 0.29) is 11.7 Å². The molecule has 5 aromatic rings. The summed E-state index contributed by atoms with van der Waals surface area (Å²) in [6.45, 7) is 0. The number of benzene rings is 3. The molecule has 3 aromatic carbocycles. The third kappa shape index (κ3) is 3.77. The normalized spacial score (nSPS) is 10.8. The van der Waals surface area contributed by atoms with E-state index in [0.29, 0.717) is 27.9 Å². The Morgan fingerprint density at radius 1 is 1.00 bits per heavy atom. The van der Waals surface area contributed by atoms with Gasteiger partial charge in [0.2, 0.25) is 5.91 Å². The number of para-hydroxylation sites is 1. The Hall–Kier alpha value is -4.22. The van der Waals surface area contributed by atoms with E-state index in [4.69, 9.17) is 10.2 Å². The Kier molecular flexibility index (Phi) is 5.24. The summed E-state index contributed by atoms with van der Waals surface area (Å²) in [6.07, 6.45) is 0. The molecule has 5 rings (SSSR count). The van der Waals surface area contributed by atoms with E-state index in [0.717, 1.165) is 16.5 Å². The molecule has 7 nitrogen and oxygen atoms in total. The van der Waals surface area contributed by atoms with Crippen LogP contribution in [-0.4, -0.2) is 31.2 Å². The minimum atomic E-state index is -0.197. The summed E-state index contributed by atoms with van der Waals surface area (Å²) in [6, 6.07) is 26.5. The van der Waals surface area contributed by atoms with Crippen LogP contribution in [0.25, 0.3) is 27.9 Å². The van der Waals surface area contributed by atoms with Gasteiger partial charge in [0.15, 0.2) is 10.8 Å². The van der Waals surface area contributed by atoms with Crippen molar-refractivity contribution in [1.82, 2.24) is 19.6 Å². The molecule has 1 N–H and O–H groups in total. The van der Waals surface area contributed by atoms with Crippen molar-refractivity contribution in [3.8, 4) is 17.5 Å². The van der Waals surface area contributed by atoms with Crippen LogP contribution in [0.3, 0.4) is 0 Å². The maximum Gasteiger partial charge on any atom is 0.234 e. The fourth-order valence-corrected chi connectivity index (χ4v) is 4.16. The van der Waals surface area contributed by atoms with Gasteiger partial charge in [0.25, 0.3) is 0 Å². The van der Waals surface area contributed by atoms with Crippen molar-refractivity contribution >= 4 is 39.9 Å². The Morgan fingerprint density at radius 3 is 2.66 bits per heavy atom. The van der Waals surface area contributed by atoms with Crippen molar-refractivity contribution in [3.05, 3.63) is 84.4 Å². The number of aromatic nitrogens is 4. The highest BCUT2D eigenvalue weighted by Crippen LogP contribution is 2.29. The smallest absolute Gasteiger partial charge is 0.234 e. The summed E-state index contributed by atoms with van der Waals surface area (Å²) in [5.74, 6) is 0.657. The van der Waals surface area contributed by atoms with Crippen LogP contribution in [0.2, 0.25) is 0 Å². The SMILES string of the molecule is N#Cc1cccc(NC(=O)CSc2nnc3c4ccccc4nc(-c4ccccc4)n23)c1. The van der Waals surface area contributed by atoms with E-state index in [9.17, 15) is 4.79 Å². The largest absolute Gasteiger partial charge is 0.325 e. The molecular formula is C24H16N6OS. The number of fused-ring (bicyclic) bond motifs is 3. The van der Waals surface area contributed by atoms with Crippen LogP contribution < -0.4 is 5.32 Å². The van der Waals surface area contributed by atoms with Crippen molar-refractivity contribution in [3.63, 3.8) is 0 Å². The molecule has 0 bridgehead atoms. The molecule has 0 aliphatic rings.